The molecule has 0 saturated carbocycles. The molecule has 0 N–H and O–H groups in total. The Morgan fingerprint density at radius 3 is 2.35 bits per heavy atom. The summed E-state index contributed by atoms with van der Waals surface area (Å²) < 4.78 is 0. The molecule has 0 atom stereocenters. The monoisotopic (exact) mass is 245 g/mol. The molecule has 1 aromatic heterocycles. The molecule has 0 saturated heterocycles. The van der Waals surface area contributed by atoms with Gasteiger partial charge in [-0.25, -0.2) is 4.98 Å². The molecule has 1 nitrogen and oxygen atoms in total. The first-order valence-electron chi connectivity index (χ1n) is 5.97. The molecular formula is C15H19NS. The average Bonchev–Trinajstić information content (AvgIpc) is 2.59. The molecule has 0 fully saturated rings. The van der Waals surface area contributed by atoms with Gasteiger partial charge in [-0.2, -0.15) is 0 Å². The van der Waals surface area contributed by atoms with Crippen molar-refractivity contribution in [2.24, 2.45) is 5.41 Å². The summed E-state index contributed by atoms with van der Waals surface area (Å²) in [5, 5.41) is 1.14. The highest BCUT2D eigenvalue weighted by molar-refractivity contribution is 7.15. The molecule has 0 spiro atoms. The largest absolute Gasteiger partial charge is 0.241 e. The molecule has 90 valence electrons. The SMILES string of the molecule is Cc1nc(-c2ccccc2)sc1CC(C)(C)C. The zero-order valence-corrected chi connectivity index (χ0v) is 11.8. The lowest BCUT2D eigenvalue weighted by Gasteiger charge is -2.16. The molecule has 0 aliphatic rings. The lowest BCUT2D eigenvalue weighted by molar-refractivity contribution is 0.413. The van der Waals surface area contributed by atoms with Crippen molar-refractivity contribution in [3.05, 3.63) is 40.9 Å². The standard InChI is InChI=1S/C15H19NS/c1-11-13(10-15(2,3)4)17-14(16-11)12-8-6-5-7-9-12/h5-9H,10H2,1-4H3. The van der Waals surface area contributed by atoms with Crippen molar-refractivity contribution in [2.45, 2.75) is 34.1 Å². The third-order valence-electron chi connectivity index (χ3n) is 2.60. The number of nitrogens with zero attached hydrogens (tertiary/aromatic N) is 1. The van der Waals surface area contributed by atoms with Crippen molar-refractivity contribution in [2.75, 3.05) is 0 Å². The van der Waals surface area contributed by atoms with Gasteiger partial charge in [-0.3, -0.25) is 0 Å². The van der Waals surface area contributed by atoms with Crippen molar-refractivity contribution >= 4 is 11.3 Å². The number of thiazole rings is 1. The summed E-state index contributed by atoms with van der Waals surface area (Å²) in [6.07, 6.45) is 1.10. The average molecular weight is 245 g/mol. The Labute approximate surface area is 108 Å². The van der Waals surface area contributed by atoms with Crippen LogP contribution in [0.2, 0.25) is 0 Å². The Hall–Kier alpha value is -1.15. The van der Waals surface area contributed by atoms with E-state index in [4.69, 9.17) is 0 Å². The van der Waals surface area contributed by atoms with Crippen molar-refractivity contribution in [3.63, 3.8) is 0 Å². The molecule has 0 aliphatic carbocycles. The van der Waals surface area contributed by atoms with Crippen LogP contribution in [0.4, 0.5) is 0 Å². The van der Waals surface area contributed by atoms with Crippen molar-refractivity contribution < 1.29 is 0 Å². The van der Waals surface area contributed by atoms with Crippen molar-refractivity contribution in [3.8, 4) is 10.6 Å². The number of rotatable bonds is 2. The van der Waals surface area contributed by atoms with E-state index >= 15 is 0 Å². The fraction of sp³-hybridized carbons (Fsp3) is 0.400. The fourth-order valence-electron chi connectivity index (χ4n) is 1.78. The number of hydrogen-bond donors (Lipinski definition) is 0. The van der Waals surface area contributed by atoms with Gasteiger partial charge < -0.3 is 0 Å². The highest BCUT2D eigenvalue weighted by atomic mass is 32.1. The molecule has 0 radical (unpaired) electrons. The van der Waals surface area contributed by atoms with Crippen LogP contribution in [0.1, 0.15) is 31.3 Å². The summed E-state index contributed by atoms with van der Waals surface area (Å²) in [6.45, 7) is 8.93. The van der Waals surface area contributed by atoms with Crippen LogP contribution in [0.15, 0.2) is 30.3 Å². The fourth-order valence-corrected chi connectivity index (χ4v) is 3.15. The molecule has 2 rings (SSSR count). The van der Waals surface area contributed by atoms with E-state index in [1.807, 2.05) is 17.4 Å². The van der Waals surface area contributed by atoms with E-state index in [9.17, 15) is 0 Å². The summed E-state index contributed by atoms with van der Waals surface area (Å²) in [6, 6.07) is 10.4. The highest BCUT2D eigenvalue weighted by Gasteiger charge is 2.16. The Kier molecular flexibility index (Phi) is 3.34. The van der Waals surface area contributed by atoms with Gasteiger partial charge in [0, 0.05) is 10.4 Å². The van der Waals surface area contributed by atoms with E-state index < -0.39 is 0 Å². The summed E-state index contributed by atoms with van der Waals surface area (Å²) in [4.78, 5) is 6.10. The number of benzene rings is 1. The molecule has 1 aromatic carbocycles. The van der Waals surface area contributed by atoms with Gasteiger partial charge in [0.25, 0.3) is 0 Å². The second kappa shape index (κ2) is 4.61. The number of hydrogen-bond acceptors (Lipinski definition) is 2. The predicted molar refractivity (Wildman–Crippen MR) is 75.4 cm³/mol. The van der Waals surface area contributed by atoms with Crippen LogP contribution < -0.4 is 0 Å². The first-order chi connectivity index (χ1) is 7.96. The van der Waals surface area contributed by atoms with Gasteiger partial charge in [0.1, 0.15) is 5.01 Å². The minimum absolute atomic E-state index is 0.325. The van der Waals surface area contributed by atoms with E-state index in [2.05, 4.69) is 56.9 Å². The minimum Gasteiger partial charge on any atom is -0.241 e. The Bertz CT molecular complexity index is 491. The minimum atomic E-state index is 0.325. The summed E-state index contributed by atoms with van der Waals surface area (Å²) in [5.74, 6) is 0. The third kappa shape index (κ3) is 3.16. The molecule has 17 heavy (non-hydrogen) atoms. The second-order valence-electron chi connectivity index (χ2n) is 5.63. The zero-order chi connectivity index (χ0) is 12.5. The predicted octanol–water partition coefficient (Wildman–Crippen LogP) is 4.71. The van der Waals surface area contributed by atoms with Crippen LogP contribution in [-0.4, -0.2) is 4.98 Å². The summed E-state index contributed by atoms with van der Waals surface area (Å²) in [5.41, 5.74) is 2.73. The lowest BCUT2D eigenvalue weighted by Crippen LogP contribution is -2.08. The van der Waals surface area contributed by atoms with Gasteiger partial charge in [0.05, 0.1) is 5.69 Å². The van der Waals surface area contributed by atoms with E-state index in [-0.39, 0.29) is 0 Å². The number of aryl methyl sites for hydroxylation is 1. The Morgan fingerprint density at radius 1 is 1.12 bits per heavy atom. The molecule has 0 unspecified atom stereocenters. The van der Waals surface area contributed by atoms with Crippen LogP contribution in [0.5, 0.6) is 0 Å². The maximum atomic E-state index is 4.68. The Balaban J connectivity index is 2.31. The van der Waals surface area contributed by atoms with Gasteiger partial charge >= 0.3 is 0 Å². The lowest BCUT2D eigenvalue weighted by atomic mass is 9.91. The van der Waals surface area contributed by atoms with Gasteiger partial charge in [-0.15, -0.1) is 11.3 Å². The molecule has 0 bridgehead atoms. The molecular weight excluding hydrogens is 226 g/mol. The summed E-state index contributed by atoms with van der Waals surface area (Å²) >= 11 is 1.83. The van der Waals surface area contributed by atoms with Crippen LogP contribution in [0.3, 0.4) is 0 Å². The smallest absolute Gasteiger partial charge is 0.123 e. The maximum absolute atomic E-state index is 4.68. The van der Waals surface area contributed by atoms with Crippen LogP contribution >= 0.6 is 11.3 Å². The Morgan fingerprint density at radius 2 is 1.76 bits per heavy atom. The van der Waals surface area contributed by atoms with Crippen LogP contribution in [0, 0.1) is 12.3 Å². The molecule has 1 heterocycles. The number of aromatic nitrogens is 1. The van der Waals surface area contributed by atoms with Crippen molar-refractivity contribution in [1.82, 2.24) is 4.98 Å². The van der Waals surface area contributed by atoms with E-state index in [1.54, 1.807) is 0 Å². The van der Waals surface area contributed by atoms with Gasteiger partial charge in [-0.05, 0) is 18.8 Å². The van der Waals surface area contributed by atoms with Gasteiger partial charge in [0.2, 0.25) is 0 Å². The third-order valence-corrected chi connectivity index (χ3v) is 3.81. The van der Waals surface area contributed by atoms with Crippen molar-refractivity contribution in [1.29, 1.82) is 0 Å². The van der Waals surface area contributed by atoms with Crippen LogP contribution in [0.25, 0.3) is 10.6 Å². The zero-order valence-electron chi connectivity index (χ0n) is 10.9. The normalized spacial score (nSPS) is 11.8. The van der Waals surface area contributed by atoms with Gasteiger partial charge in [0.15, 0.2) is 0 Å². The second-order valence-corrected chi connectivity index (χ2v) is 6.71. The first kappa shape index (κ1) is 12.3. The topological polar surface area (TPSA) is 12.9 Å². The molecule has 2 heteroatoms. The quantitative estimate of drug-likeness (QED) is 0.747. The molecule has 0 amide bonds. The maximum Gasteiger partial charge on any atom is 0.123 e. The first-order valence-corrected chi connectivity index (χ1v) is 6.79. The summed E-state index contributed by atoms with van der Waals surface area (Å²) in [7, 11) is 0. The van der Waals surface area contributed by atoms with E-state index in [1.165, 1.54) is 16.1 Å². The van der Waals surface area contributed by atoms with E-state index in [0.717, 1.165) is 11.4 Å². The van der Waals surface area contributed by atoms with E-state index in [0.29, 0.717) is 5.41 Å². The van der Waals surface area contributed by atoms with Gasteiger partial charge in [-0.1, -0.05) is 51.1 Å². The van der Waals surface area contributed by atoms with Crippen LogP contribution in [-0.2, 0) is 6.42 Å². The molecule has 0 aliphatic heterocycles. The highest BCUT2D eigenvalue weighted by Crippen LogP contribution is 2.32. The molecule has 2 aromatic rings.